The van der Waals surface area contributed by atoms with E-state index >= 15 is 0 Å². The van der Waals surface area contributed by atoms with Crippen LogP contribution in [0.3, 0.4) is 0 Å². The van der Waals surface area contributed by atoms with Gasteiger partial charge in [0.25, 0.3) is 5.56 Å². The van der Waals surface area contributed by atoms with Crippen molar-refractivity contribution in [3.63, 3.8) is 0 Å². The van der Waals surface area contributed by atoms with Crippen LogP contribution >= 0.6 is 0 Å². The first-order chi connectivity index (χ1) is 15.0. The second kappa shape index (κ2) is 7.61. The summed E-state index contributed by atoms with van der Waals surface area (Å²) in [5.74, 6) is 0.405. The van der Waals surface area contributed by atoms with Crippen molar-refractivity contribution in [3.05, 3.63) is 81.5 Å². The van der Waals surface area contributed by atoms with Crippen LogP contribution < -0.4 is 5.56 Å². The van der Waals surface area contributed by atoms with E-state index < -0.39 is 12.1 Å². The van der Waals surface area contributed by atoms with Gasteiger partial charge >= 0.3 is 5.97 Å². The van der Waals surface area contributed by atoms with Gasteiger partial charge in [-0.25, -0.2) is 9.78 Å². The molecule has 1 N–H and O–H groups in total. The summed E-state index contributed by atoms with van der Waals surface area (Å²) in [4.78, 5) is 37.9. The molecule has 4 aromatic rings. The maximum atomic E-state index is 13.4. The number of hydrogen-bond acceptors (Lipinski definition) is 5. The average Bonchev–Trinajstić information content (AvgIpc) is 2.77. The standard InChI is InChI=1S/C25H23N3O3/c1-14-11-12-21-18(13-14)22(16-7-3-5-9-19(16)26-21)25(30)31-15(2)23-27-20-10-6-4-8-17(20)24(29)28-23/h3-10,14-15H,11-13H2,1-2H3,(H,27,28,29)/t14-,15+/m0/s1. The van der Waals surface area contributed by atoms with Gasteiger partial charge in [0.1, 0.15) is 0 Å². The number of para-hydroxylation sites is 2. The van der Waals surface area contributed by atoms with Crippen LogP contribution in [0.4, 0.5) is 0 Å². The molecule has 31 heavy (non-hydrogen) atoms. The Morgan fingerprint density at radius 3 is 2.52 bits per heavy atom. The number of aryl methyl sites for hydroxylation is 1. The Bertz CT molecular complexity index is 1380. The number of benzene rings is 2. The molecule has 5 rings (SSSR count). The zero-order valence-electron chi connectivity index (χ0n) is 17.5. The summed E-state index contributed by atoms with van der Waals surface area (Å²) in [6, 6.07) is 14.8. The van der Waals surface area contributed by atoms with Crippen molar-refractivity contribution >= 4 is 27.8 Å². The summed E-state index contributed by atoms with van der Waals surface area (Å²) >= 11 is 0. The van der Waals surface area contributed by atoms with Gasteiger partial charge in [0.2, 0.25) is 0 Å². The lowest BCUT2D eigenvalue weighted by Crippen LogP contribution is -2.21. The number of pyridine rings is 1. The predicted octanol–water partition coefficient (Wildman–Crippen LogP) is 4.51. The molecular formula is C25H23N3O3. The number of rotatable bonds is 3. The number of aromatic nitrogens is 3. The van der Waals surface area contributed by atoms with Crippen LogP contribution in [-0.2, 0) is 17.6 Å². The van der Waals surface area contributed by atoms with Gasteiger partial charge in [-0.15, -0.1) is 0 Å². The molecule has 0 unspecified atom stereocenters. The minimum absolute atomic E-state index is 0.246. The van der Waals surface area contributed by atoms with Crippen molar-refractivity contribution in [2.75, 3.05) is 0 Å². The van der Waals surface area contributed by atoms with E-state index in [2.05, 4.69) is 16.9 Å². The monoisotopic (exact) mass is 413 g/mol. The zero-order chi connectivity index (χ0) is 21.5. The number of hydrogen-bond donors (Lipinski definition) is 1. The Balaban J connectivity index is 1.55. The number of esters is 1. The summed E-state index contributed by atoms with van der Waals surface area (Å²) in [6.45, 7) is 3.92. The molecule has 0 radical (unpaired) electrons. The summed E-state index contributed by atoms with van der Waals surface area (Å²) < 4.78 is 5.84. The van der Waals surface area contributed by atoms with E-state index in [-0.39, 0.29) is 5.56 Å². The highest BCUT2D eigenvalue weighted by atomic mass is 16.5. The fraction of sp³-hybridized carbons (Fsp3) is 0.280. The number of aromatic amines is 1. The summed E-state index contributed by atoms with van der Waals surface area (Å²) in [7, 11) is 0. The molecule has 2 aromatic heterocycles. The highest BCUT2D eigenvalue weighted by molar-refractivity contribution is 6.05. The van der Waals surface area contributed by atoms with Crippen molar-refractivity contribution in [2.45, 2.75) is 39.2 Å². The van der Waals surface area contributed by atoms with Crippen molar-refractivity contribution in [2.24, 2.45) is 5.92 Å². The smallest absolute Gasteiger partial charge is 0.339 e. The van der Waals surface area contributed by atoms with Crippen molar-refractivity contribution < 1.29 is 9.53 Å². The minimum Gasteiger partial charge on any atom is -0.451 e. The van der Waals surface area contributed by atoms with Gasteiger partial charge in [0.05, 0.1) is 22.0 Å². The molecule has 2 heterocycles. The first-order valence-electron chi connectivity index (χ1n) is 10.6. The zero-order valence-corrected chi connectivity index (χ0v) is 17.5. The number of H-pyrrole nitrogens is 1. The molecule has 2 atom stereocenters. The molecule has 0 fully saturated rings. The highest BCUT2D eigenvalue weighted by Gasteiger charge is 2.27. The van der Waals surface area contributed by atoms with Crippen LogP contribution in [0.1, 0.15) is 53.8 Å². The van der Waals surface area contributed by atoms with Crippen LogP contribution in [0.2, 0.25) is 0 Å². The van der Waals surface area contributed by atoms with Crippen LogP contribution in [0.25, 0.3) is 21.8 Å². The van der Waals surface area contributed by atoms with Gasteiger partial charge in [0.15, 0.2) is 11.9 Å². The van der Waals surface area contributed by atoms with Crippen molar-refractivity contribution in [3.8, 4) is 0 Å². The molecule has 0 saturated heterocycles. The van der Waals surface area contributed by atoms with Gasteiger partial charge in [-0.1, -0.05) is 37.3 Å². The lowest BCUT2D eigenvalue weighted by Gasteiger charge is -2.24. The Hall–Kier alpha value is -3.54. The topological polar surface area (TPSA) is 84.9 Å². The fourth-order valence-corrected chi connectivity index (χ4v) is 4.37. The largest absolute Gasteiger partial charge is 0.451 e. The Kier molecular flexibility index (Phi) is 4.77. The van der Waals surface area contributed by atoms with Crippen molar-refractivity contribution in [1.82, 2.24) is 15.0 Å². The van der Waals surface area contributed by atoms with E-state index in [9.17, 15) is 9.59 Å². The van der Waals surface area contributed by atoms with Crippen LogP contribution in [0.15, 0.2) is 53.3 Å². The number of nitrogens with zero attached hydrogens (tertiary/aromatic N) is 2. The molecule has 0 bridgehead atoms. The highest BCUT2D eigenvalue weighted by Crippen LogP contribution is 2.32. The van der Waals surface area contributed by atoms with E-state index in [4.69, 9.17) is 9.72 Å². The van der Waals surface area contributed by atoms with Gasteiger partial charge in [-0.05, 0) is 55.9 Å². The number of nitrogens with one attached hydrogen (secondary N) is 1. The Morgan fingerprint density at radius 2 is 1.74 bits per heavy atom. The first-order valence-corrected chi connectivity index (χ1v) is 10.6. The van der Waals surface area contributed by atoms with E-state index in [0.29, 0.717) is 28.2 Å². The summed E-state index contributed by atoms with van der Waals surface area (Å²) in [6.07, 6.45) is 2.02. The molecule has 156 valence electrons. The van der Waals surface area contributed by atoms with Gasteiger partial charge < -0.3 is 9.72 Å². The molecular weight excluding hydrogens is 390 g/mol. The summed E-state index contributed by atoms with van der Waals surface area (Å²) in [5.41, 5.74) is 3.67. The lowest BCUT2D eigenvalue weighted by molar-refractivity contribution is 0.0320. The average molecular weight is 413 g/mol. The quantitative estimate of drug-likeness (QED) is 0.500. The second-order valence-corrected chi connectivity index (χ2v) is 8.29. The second-order valence-electron chi connectivity index (χ2n) is 8.29. The van der Waals surface area contributed by atoms with Crippen LogP contribution in [-0.4, -0.2) is 20.9 Å². The number of fused-ring (bicyclic) bond motifs is 3. The number of carbonyl (C=O) groups is 1. The molecule has 0 aliphatic heterocycles. The molecule has 2 aromatic carbocycles. The molecule has 6 nitrogen and oxygen atoms in total. The van der Waals surface area contributed by atoms with Gasteiger partial charge in [-0.2, -0.15) is 0 Å². The molecule has 0 spiro atoms. The third-order valence-electron chi connectivity index (χ3n) is 6.01. The molecule has 0 saturated carbocycles. The SMILES string of the molecule is C[C@H]1CCc2nc3ccccc3c(C(=O)O[C@H](C)c3nc4ccccc4c(=O)[nH]3)c2C1. The predicted molar refractivity (Wildman–Crippen MR) is 119 cm³/mol. The van der Waals surface area contributed by atoms with Gasteiger partial charge in [0, 0.05) is 11.1 Å². The van der Waals surface area contributed by atoms with Crippen molar-refractivity contribution in [1.29, 1.82) is 0 Å². The van der Waals surface area contributed by atoms with E-state index in [1.165, 1.54) is 0 Å². The molecule has 0 amide bonds. The first kappa shape index (κ1) is 19.4. The van der Waals surface area contributed by atoms with E-state index in [1.54, 1.807) is 25.1 Å². The Labute approximate surface area is 179 Å². The van der Waals surface area contributed by atoms with Gasteiger partial charge in [-0.3, -0.25) is 9.78 Å². The third-order valence-corrected chi connectivity index (χ3v) is 6.01. The molecule has 1 aliphatic rings. The summed E-state index contributed by atoms with van der Waals surface area (Å²) in [5, 5.41) is 1.31. The maximum Gasteiger partial charge on any atom is 0.339 e. The third kappa shape index (κ3) is 3.48. The number of carbonyl (C=O) groups excluding carboxylic acids is 1. The maximum absolute atomic E-state index is 13.4. The number of ether oxygens (including phenoxy) is 1. The van der Waals surface area contributed by atoms with Crippen LogP contribution in [0, 0.1) is 5.92 Å². The lowest BCUT2D eigenvalue weighted by atomic mass is 9.84. The van der Waals surface area contributed by atoms with E-state index in [0.717, 1.165) is 41.4 Å². The molecule has 1 aliphatic carbocycles. The normalized spacial score (nSPS) is 16.8. The van der Waals surface area contributed by atoms with E-state index in [1.807, 2.05) is 30.3 Å². The Morgan fingerprint density at radius 1 is 1.06 bits per heavy atom. The molecule has 6 heteroatoms. The van der Waals surface area contributed by atoms with Crippen LogP contribution in [0.5, 0.6) is 0 Å². The minimum atomic E-state index is -0.701. The fourth-order valence-electron chi connectivity index (χ4n) is 4.37.